The number of sulfonamides is 1. The first kappa shape index (κ1) is 19.7. The maximum Gasteiger partial charge on any atom is 0.262 e. The first-order valence-electron chi connectivity index (χ1n) is 8.77. The molecule has 0 atom stereocenters. The lowest BCUT2D eigenvalue weighted by molar-refractivity contribution is 0.0948. The maximum absolute atomic E-state index is 12.9. The number of aryl methyl sites for hydroxylation is 3. The monoisotopic (exact) mass is 398 g/mol. The van der Waals surface area contributed by atoms with Crippen molar-refractivity contribution in [1.82, 2.24) is 5.32 Å². The molecule has 0 saturated carbocycles. The van der Waals surface area contributed by atoms with E-state index < -0.39 is 10.0 Å². The van der Waals surface area contributed by atoms with E-state index in [9.17, 15) is 13.2 Å². The molecule has 1 aromatic heterocycles. The number of furan rings is 1. The van der Waals surface area contributed by atoms with Crippen LogP contribution in [0.1, 0.15) is 32.8 Å². The molecule has 1 amide bonds. The van der Waals surface area contributed by atoms with E-state index in [2.05, 4.69) is 10.0 Å². The summed E-state index contributed by atoms with van der Waals surface area (Å²) in [6.07, 6.45) is 1.52. The van der Waals surface area contributed by atoms with Crippen molar-refractivity contribution in [2.75, 3.05) is 4.72 Å². The summed E-state index contributed by atoms with van der Waals surface area (Å²) in [6, 6.07) is 13.4. The summed E-state index contributed by atoms with van der Waals surface area (Å²) in [5.74, 6) is 0.240. The van der Waals surface area contributed by atoms with E-state index in [0.717, 1.165) is 11.1 Å². The Morgan fingerprint density at radius 3 is 2.39 bits per heavy atom. The molecule has 0 aliphatic rings. The van der Waals surface area contributed by atoms with Gasteiger partial charge in [-0.2, -0.15) is 0 Å². The summed E-state index contributed by atoms with van der Waals surface area (Å²) in [7, 11) is -3.84. The zero-order chi connectivity index (χ0) is 20.3. The van der Waals surface area contributed by atoms with Gasteiger partial charge < -0.3 is 9.73 Å². The smallest absolute Gasteiger partial charge is 0.262 e. The highest BCUT2D eigenvalue weighted by Gasteiger charge is 2.19. The molecule has 0 fully saturated rings. The van der Waals surface area contributed by atoms with Gasteiger partial charge in [0.05, 0.1) is 17.7 Å². The molecule has 0 radical (unpaired) electrons. The molecule has 3 aromatic rings. The minimum absolute atomic E-state index is 0.0661. The van der Waals surface area contributed by atoms with Gasteiger partial charge in [0, 0.05) is 11.3 Å². The van der Waals surface area contributed by atoms with E-state index in [4.69, 9.17) is 4.42 Å². The van der Waals surface area contributed by atoms with Crippen molar-refractivity contribution in [3.63, 3.8) is 0 Å². The van der Waals surface area contributed by atoms with Crippen LogP contribution in [0.2, 0.25) is 0 Å². The van der Waals surface area contributed by atoms with Crippen molar-refractivity contribution in [3.8, 4) is 0 Å². The molecule has 6 nitrogen and oxygen atoms in total. The third kappa shape index (κ3) is 4.43. The van der Waals surface area contributed by atoms with Crippen molar-refractivity contribution in [2.45, 2.75) is 32.2 Å². The van der Waals surface area contributed by atoms with Crippen molar-refractivity contribution >= 4 is 21.6 Å². The normalized spacial score (nSPS) is 11.2. The third-order valence-electron chi connectivity index (χ3n) is 4.50. The van der Waals surface area contributed by atoms with Crippen LogP contribution < -0.4 is 10.0 Å². The number of anilines is 1. The quantitative estimate of drug-likeness (QED) is 0.658. The van der Waals surface area contributed by atoms with Gasteiger partial charge in [-0.25, -0.2) is 8.42 Å². The van der Waals surface area contributed by atoms with Crippen LogP contribution in [0.3, 0.4) is 0 Å². The van der Waals surface area contributed by atoms with Gasteiger partial charge >= 0.3 is 0 Å². The predicted molar refractivity (Wildman–Crippen MR) is 108 cm³/mol. The Kier molecular flexibility index (Phi) is 5.56. The number of rotatable bonds is 6. The number of carbonyl (C=O) groups excluding carboxylic acids is 1. The number of benzene rings is 2. The molecule has 0 saturated heterocycles. The minimum Gasteiger partial charge on any atom is -0.467 e. The maximum atomic E-state index is 12.9. The number of hydrogen-bond donors (Lipinski definition) is 2. The van der Waals surface area contributed by atoms with Gasteiger partial charge in [0.2, 0.25) is 0 Å². The molecule has 0 aliphatic heterocycles. The molecule has 146 valence electrons. The Hall–Kier alpha value is -3.06. The predicted octanol–water partition coefficient (Wildman–Crippen LogP) is 3.94. The fourth-order valence-corrected chi connectivity index (χ4v) is 4.05. The Morgan fingerprint density at radius 2 is 1.71 bits per heavy atom. The van der Waals surface area contributed by atoms with Crippen molar-refractivity contribution < 1.29 is 17.6 Å². The van der Waals surface area contributed by atoms with Gasteiger partial charge in [-0.15, -0.1) is 0 Å². The zero-order valence-corrected chi connectivity index (χ0v) is 16.8. The van der Waals surface area contributed by atoms with Crippen molar-refractivity contribution in [2.24, 2.45) is 0 Å². The van der Waals surface area contributed by atoms with Gasteiger partial charge in [-0.1, -0.05) is 12.1 Å². The lowest BCUT2D eigenvalue weighted by atomic mass is 10.1. The van der Waals surface area contributed by atoms with E-state index in [1.165, 1.54) is 12.3 Å². The first-order chi connectivity index (χ1) is 13.3. The van der Waals surface area contributed by atoms with Crippen LogP contribution in [-0.4, -0.2) is 14.3 Å². The molecule has 2 aromatic carbocycles. The van der Waals surface area contributed by atoms with Crippen molar-refractivity contribution in [3.05, 3.63) is 82.8 Å². The second-order valence-electron chi connectivity index (χ2n) is 6.65. The van der Waals surface area contributed by atoms with Crippen LogP contribution in [0.15, 0.2) is 64.1 Å². The summed E-state index contributed by atoms with van der Waals surface area (Å²) in [6.45, 7) is 5.80. The topological polar surface area (TPSA) is 88.4 Å². The SMILES string of the molecule is Cc1ccc(NS(=O)(=O)c2cc(C(=O)NCc3ccco3)ccc2C)cc1C. The van der Waals surface area contributed by atoms with Gasteiger partial charge in [0.15, 0.2) is 0 Å². The molecule has 0 aliphatic carbocycles. The molecular formula is C21H22N2O4S. The number of carbonyl (C=O) groups is 1. The second kappa shape index (κ2) is 7.90. The Morgan fingerprint density at radius 1 is 0.964 bits per heavy atom. The highest BCUT2D eigenvalue weighted by Crippen LogP contribution is 2.22. The summed E-state index contributed by atoms with van der Waals surface area (Å²) in [5.41, 5.74) is 3.36. The Labute approximate surface area is 164 Å². The molecular weight excluding hydrogens is 376 g/mol. The summed E-state index contributed by atoms with van der Waals surface area (Å²) in [4.78, 5) is 12.5. The average molecular weight is 398 g/mol. The largest absolute Gasteiger partial charge is 0.467 e. The summed E-state index contributed by atoms with van der Waals surface area (Å²) < 4.78 is 33.5. The zero-order valence-electron chi connectivity index (χ0n) is 15.9. The highest BCUT2D eigenvalue weighted by atomic mass is 32.2. The molecule has 28 heavy (non-hydrogen) atoms. The van der Waals surface area contributed by atoms with E-state index in [1.807, 2.05) is 19.9 Å². The Balaban J connectivity index is 1.83. The fraction of sp³-hybridized carbons (Fsp3) is 0.190. The lowest BCUT2D eigenvalue weighted by Gasteiger charge is -2.13. The highest BCUT2D eigenvalue weighted by molar-refractivity contribution is 7.92. The third-order valence-corrected chi connectivity index (χ3v) is 6.03. The minimum atomic E-state index is -3.84. The van der Waals surface area contributed by atoms with Crippen LogP contribution in [0.4, 0.5) is 5.69 Å². The summed E-state index contributed by atoms with van der Waals surface area (Å²) in [5, 5.41) is 2.71. The van der Waals surface area contributed by atoms with Crippen LogP contribution >= 0.6 is 0 Å². The van der Waals surface area contributed by atoms with E-state index >= 15 is 0 Å². The van der Waals surface area contributed by atoms with Gasteiger partial charge in [-0.3, -0.25) is 9.52 Å². The fourth-order valence-electron chi connectivity index (χ4n) is 2.73. The van der Waals surface area contributed by atoms with Crippen LogP contribution in [-0.2, 0) is 16.6 Å². The van der Waals surface area contributed by atoms with Crippen LogP contribution in [0, 0.1) is 20.8 Å². The van der Waals surface area contributed by atoms with Crippen LogP contribution in [0.25, 0.3) is 0 Å². The first-order valence-corrected chi connectivity index (χ1v) is 10.3. The standard InChI is InChI=1S/C21H22N2O4S/c1-14-7-9-18(11-16(14)3)23-28(25,26)20-12-17(8-6-15(20)2)21(24)22-13-19-5-4-10-27-19/h4-12,23H,13H2,1-3H3,(H,22,24). The lowest BCUT2D eigenvalue weighted by Crippen LogP contribution is -2.23. The average Bonchev–Trinajstić information content (AvgIpc) is 3.16. The molecule has 7 heteroatoms. The van der Waals surface area contributed by atoms with E-state index in [-0.39, 0.29) is 22.9 Å². The van der Waals surface area contributed by atoms with Crippen molar-refractivity contribution in [1.29, 1.82) is 0 Å². The van der Waals surface area contributed by atoms with E-state index in [0.29, 0.717) is 17.0 Å². The van der Waals surface area contributed by atoms with Gasteiger partial charge in [0.1, 0.15) is 5.76 Å². The molecule has 1 heterocycles. The number of amides is 1. The Bertz CT molecular complexity index is 1100. The van der Waals surface area contributed by atoms with Gasteiger partial charge in [0.25, 0.3) is 15.9 Å². The molecule has 0 spiro atoms. The molecule has 3 rings (SSSR count). The second-order valence-corrected chi connectivity index (χ2v) is 8.30. The van der Waals surface area contributed by atoms with E-state index in [1.54, 1.807) is 43.3 Å². The van der Waals surface area contributed by atoms with Crippen LogP contribution in [0.5, 0.6) is 0 Å². The number of nitrogens with one attached hydrogen (secondary N) is 2. The number of hydrogen-bond acceptors (Lipinski definition) is 4. The van der Waals surface area contributed by atoms with Gasteiger partial charge in [-0.05, 0) is 73.9 Å². The summed E-state index contributed by atoms with van der Waals surface area (Å²) >= 11 is 0. The molecule has 0 bridgehead atoms. The molecule has 0 unspecified atom stereocenters. The molecule has 2 N–H and O–H groups in total.